The summed E-state index contributed by atoms with van der Waals surface area (Å²) in [5, 5.41) is 0. The van der Waals surface area contributed by atoms with Gasteiger partial charge >= 0.3 is 0 Å². The van der Waals surface area contributed by atoms with Crippen molar-refractivity contribution in [2.24, 2.45) is 5.73 Å². The molecule has 6 N–H and O–H groups in total. The van der Waals surface area contributed by atoms with E-state index >= 15 is 0 Å². The second-order valence-electron chi connectivity index (χ2n) is 2.95. The van der Waals surface area contributed by atoms with E-state index in [1.165, 1.54) is 12.4 Å². The summed E-state index contributed by atoms with van der Waals surface area (Å²) in [6, 6.07) is 4.87. The second-order valence-corrected chi connectivity index (χ2v) is 2.95. The molecule has 0 spiro atoms. The quantitative estimate of drug-likeness (QED) is 0.624. The van der Waals surface area contributed by atoms with Crippen molar-refractivity contribution >= 4 is 17.7 Å². The molecule has 2 aromatic rings. The molecule has 0 aliphatic heterocycles. The predicted molar refractivity (Wildman–Crippen MR) is 63.6 cm³/mol. The first-order valence-electron chi connectivity index (χ1n) is 4.63. The van der Waals surface area contributed by atoms with Crippen LogP contribution in [0, 0.1) is 0 Å². The third kappa shape index (κ3) is 4.56. The van der Waals surface area contributed by atoms with E-state index in [2.05, 4.69) is 15.0 Å². The largest absolute Gasteiger partial charge is 0.384 e. The van der Waals surface area contributed by atoms with Crippen molar-refractivity contribution in [3.63, 3.8) is 0 Å². The maximum absolute atomic E-state index is 10.4. The Labute approximate surface area is 97.7 Å². The van der Waals surface area contributed by atoms with Crippen molar-refractivity contribution in [2.75, 3.05) is 11.5 Å². The number of nitrogens with two attached hydrogens (primary N) is 3. The number of aromatic nitrogens is 3. The highest BCUT2D eigenvalue weighted by atomic mass is 16.1. The van der Waals surface area contributed by atoms with Crippen molar-refractivity contribution in [2.45, 2.75) is 0 Å². The van der Waals surface area contributed by atoms with Crippen molar-refractivity contribution in [3.8, 4) is 0 Å². The summed E-state index contributed by atoms with van der Waals surface area (Å²) in [6.07, 6.45) is 4.53. The number of anilines is 2. The standard InChI is InChI=1S/C6H6N2O.C4H6N4/c7-6(9)5-2-1-3-8-4-5;5-3-1-2-7-4(6)8-3/h1-4H,(H2,7,9);1-2H,(H4,5,6,7,8). The highest BCUT2D eigenvalue weighted by Gasteiger charge is 1.94. The van der Waals surface area contributed by atoms with E-state index < -0.39 is 5.91 Å². The first-order chi connectivity index (χ1) is 8.09. The molecule has 0 unspecified atom stereocenters. The van der Waals surface area contributed by atoms with Crippen molar-refractivity contribution in [1.29, 1.82) is 0 Å². The van der Waals surface area contributed by atoms with Crippen LogP contribution in [0.25, 0.3) is 0 Å². The summed E-state index contributed by atoms with van der Waals surface area (Å²) >= 11 is 0. The van der Waals surface area contributed by atoms with Crippen LogP contribution in [0.1, 0.15) is 10.4 Å². The number of pyridine rings is 1. The molecule has 0 fully saturated rings. The molecule has 0 aliphatic carbocycles. The van der Waals surface area contributed by atoms with Gasteiger partial charge in [-0.1, -0.05) is 0 Å². The van der Waals surface area contributed by atoms with E-state index in [-0.39, 0.29) is 5.95 Å². The summed E-state index contributed by atoms with van der Waals surface area (Å²) < 4.78 is 0. The molecule has 0 atom stereocenters. The van der Waals surface area contributed by atoms with Crippen LogP contribution in [0.5, 0.6) is 0 Å². The van der Waals surface area contributed by atoms with Crippen LogP contribution in [-0.2, 0) is 0 Å². The van der Waals surface area contributed by atoms with Crippen LogP contribution < -0.4 is 17.2 Å². The average molecular weight is 232 g/mol. The van der Waals surface area contributed by atoms with E-state index in [0.29, 0.717) is 11.4 Å². The molecule has 17 heavy (non-hydrogen) atoms. The number of rotatable bonds is 1. The van der Waals surface area contributed by atoms with Gasteiger partial charge < -0.3 is 17.2 Å². The molecule has 0 bridgehead atoms. The normalized spacial score (nSPS) is 8.94. The number of amides is 1. The van der Waals surface area contributed by atoms with Crippen LogP contribution in [0.4, 0.5) is 11.8 Å². The Kier molecular flexibility index (Phi) is 4.37. The van der Waals surface area contributed by atoms with Crippen LogP contribution >= 0.6 is 0 Å². The minimum Gasteiger partial charge on any atom is -0.384 e. The lowest BCUT2D eigenvalue weighted by Gasteiger charge is -1.89. The summed E-state index contributed by atoms with van der Waals surface area (Å²) in [6.45, 7) is 0. The molecule has 7 nitrogen and oxygen atoms in total. The minimum absolute atomic E-state index is 0.213. The zero-order valence-corrected chi connectivity index (χ0v) is 8.95. The zero-order valence-electron chi connectivity index (χ0n) is 8.95. The molecule has 0 aromatic carbocycles. The van der Waals surface area contributed by atoms with Crippen LogP contribution in [-0.4, -0.2) is 20.9 Å². The highest BCUT2D eigenvalue weighted by Crippen LogP contribution is 1.94. The summed E-state index contributed by atoms with van der Waals surface area (Å²) in [5.74, 6) is 0.172. The van der Waals surface area contributed by atoms with Crippen molar-refractivity contribution in [3.05, 3.63) is 42.4 Å². The Bertz CT molecular complexity index is 470. The Morgan fingerprint density at radius 1 is 1.18 bits per heavy atom. The Balaban J connectivity index is 0.000000171. The van der Waals surface area contributed by atoms with Crippen LogP contribution in [0.2, 0.25) is 0 Å². The van der Waals surface area contributed by atoms with Crippen molar-refractivity contribution < 1.29 is 4.79 Å². The fourth-order valence-electron chi connectivity index (χ4n) is 0.897. The maximum atomic E-state index is 10.4. The molecule has 1 amide bonds. The zero-order chi connectivity index (χ0) is 12.7. The molecule has 2 heterocycles. The van der Waals surface area contributed by atoms with Gasteiger partial charge in [-0.2, -0.15) is 4.98 Å². The topological polar surface area (TPSA) is 134 Å². The lowest BCUT2D eigenvalue weighted by atomic mass is 10.3. The van der Waals surface area contributed by atoms with Gasteiger partial charge in [-0.05, 0) is 18.2 Å². The van der Waals surface area contributed by atoms with Gasteiger partial charge in [0, 0.05) is 18.6 Å². The molecule has 0 aliphatic rings. The Hall–Kier alpha value is -2.70. The predicted octanol–water partition coefficient (Wildman–Crippen LogP) is -0.178. The number of carbonyl (C=O) groups is 1. The SMILES string of the molecule is NC(=O)c1cccnc1.Nc1ccnc(N)n1. The molecular formula is C10H12N6O. The minimum atomic E-state index is -0.442. The monoisotopic (exact) mass is 232 g/mol. The highest BCUT2D eigenvalue weighted by molar-refractivity contribution is 5.92. The second kappa shape index (κ2) is 6.01. The van der Waals surface area contributed by atoms with E-state index in [0.717, 1.165) is 0 Å². The first-order valence-corrected chi connectivity index (χ1v) is 4.63. The molecule has 2 aromatic heterocycles. The van der Waals surface area contributed by atoms with Crippen LogP contribution in [0.3, 0.4) is 0 Å². The molecule has 88 valence electrons. The summed E-state index contributed by atoms with van der Waals surface area (Å²) in [4.78, 5) is 21.3. The molecule has 7 heteroatoms. The number of nitrogen functional groups attached to an aromatic ring is 2. The lowest BCUT2D eigenvalue weighted by Crippen LogP contribution is -2.10. The van der Waals surface area contributed by atoms with Gasteiger partial charge in [0.2, 0.25) is 11.9 Å². The van der Waals surface area contributed by atoms with E-state index in [1.54, 1.807) is 24.4 Å². The van der Waals surface area contributed by atoms with Crippen molar-refractivity contribution in [1.82, 2.24) is 15.0 Å². The van der Waals surface area contributed by atoms with Crippen LogP contribution in [0.15, 0.2) is 36.8 Å². The number of carbonyl (C=O) groups excluding carboxylic acids is 1. The van der Waals surface area contributed by atoms with Gasteiger partial charge in [-0.3, -0.25) is 9.78 Å². The number of hydrogen-bond acceptors (Lipinski definition) is 6. The number of hydrogen-bond donors (Lipinski definition) is 3. The summed E-state index contributed by atoms with van der Waals surface area (Å²) in [5.41, 5.74) is 15.8. The lowest BCUT2D eigenvalue weighted by molar-refractivity contribution is 0.1000. The van der Waals surface area contributed by atoms with Gasteiger partial charge in [0.05, 0.1) is 5.56 Å². The van der Waals surface area contributed by atoms with Gasteiger partial charge in [0.1, 0.15) is 5.82 Å². The fourth-order valence-corrected chi connectivity index (χ4v) is 0.897. The maximum Gasteiger partial charge on any atom is 0.250 e. The van der Waals surface area contributed by atoms with Gasteiger partial charge in [-0.15, -0.1) is 0 Å². The number of nitrogens with zero attached hydrogens (tertiary/aromatic N) is 3. The smallest absolute Gasteiger partial charge is 0.250 e. The summed E-state index contributed by atoms with van der Waals surface area (Å²) in [7, 11) is 0. The fraction of sp³-hybridized carbons (Fsp3) is 0. The Morgan fingerprint density at radius 3 is 2.29 bits per heavy atom. The van der Waals surface area contributed by atoms with Gasteiger partial charge in [0.25, 0.3) is 0 Å². The molecule has 0 radical (unpaired) electrons. The first kappa shape index (κ1) is 12.4. The average Bonchev–Trinajstić information content (AvgIpc) is 2.30. The third-order valence-electron chi connectivity index (χ3n) is 1.64. The third-order valence-corrected chi connectivity index (χ3v) is 1.64. The van der Waals surface area contributed by atoms with E-state index in [4.69, 9.17) is 17.2 Å². The molecular weight excluding hydrogens is 220 g/mol. The van der Waals surface area contributed by atoms with E-state index in [1.807, 2.05) is 0 Å². The molecule has 0 saturated carbocycles. The van der Waals surface area contributed by atoms with E-state index in [9.17, 15) is 4.79 Å². The molecule has 2 rings (SSSR count). The molecule has 0 saturated heterocycles. The van der Waals surface area contributed by atoms with Gasteiger partial charge in [-0.25, -0.2) is 4.98 Å². The van der Waals surface area contributed by atoms with Gasteiger partial charge in [0.15, 0.2) is 0 Å². The number of primary amides is 1. The Morgan fingerprint density at radius 2 is 1.94 bits per heavy atom.